The van der Waals surface area contributed by atoms with Crippen LogP contribution in [0.25, 0.3) is 0 Å². The summed E-state index contributed by atoms with van der Waals surface area (Å²) in [5.41, 5.74) is 4.48. The number of anilines is 2. The molecule has 3 N–H and O–H groups in total. The van der Waals surface area contributed by atoms with Crippen molar-refractivity contribution in [3.8, 4) is 0 Å². The van der Waals surface area contributed by atoms with E-state index in [1.807, 2.05) is 36.4 Å². The van der Waals surface area contributed by atoms with Gasteiger partial charge in [0.1, 0.15) is 5.00 Å². The van der Waals surface area contributed by atoms with Gasteiger partial charge in [-0.15, -0.1) is 11.3 Å². The van der Waals surface area contributed by atoms with Crippen LogP contribution in [0, 0.1) is 5.92 Å². The second kappa shape index (κ2) is 17.1. The average Bonchev–Trinajstić information content (AvgIpc) is 3.55. The van der Waals surface area contributed by atoms with Gasteiger partial charge in [-0.05, 0) is 123 Å². The summed E-state index contributed by atoms with van der Waals surface area (Å²) in [4.78, 5) is 51.8. The molecule has 2 aliphatic carbocycles. The molecule has 0 radical (unpaired) electrons. The predicted octanol–water partition coefficient (Wildman–Crippen LogP) is 7.36. The number of sulfonamides is 1. The molecule has 13 heteroatoms. The quantitative estimate of drug-likeness (QED) is 0.119. The zero-order chi connectivity index (χ0) is 38.4. The van der Waals surface area contributed by atoms with E-state index < -0.39 is 21.9 Å². The number of fused-ring (bicyclic) bond motifs is 1. The summed E-state index contributed by atoms with van der Waals surface area (Å²) in [5, 5.41) is 15.5. The fourth-order valence-electron chi connectivity index (χ4n) is 7.44. The molecule has 2 aliphatic rings. The molecule has 0 spiro atoms. The second-order valence-corrected chi connectivity index (χ2v) is 16.8. The Labute approximate surface area is 319 Å². The number of esters is 1. The molecule has 0 saturated heterocycles. The fourth-order valence-corrected chi connectivity index (χ4v) is 10.5. The third kappa shape index (κ3) is 8.75. The lowest BCUT2D eigenvalue weighted by atomic mass is 9.86. The van der Waals surface area contributed by atoms with Gasteiger partial charge < -0.3 is 20.5 Å². The zero-order valence-electron chi connectivity index (χ0n) is 30.4. The molecule has 0 bridgehead atoms. The summed E-state index contributed by atoms with van der Waals surface area (Å²) in [6.07, 6.45) is 7.11. The van der Waals surface area contributed by atoms with Gasteiger partial charge in [-0.3, -0.25) is 14.4 Å². The molecule has 0 aliphatic heterocycles. The number of benzene rings is 3. The fraction of sp³-hybridized carbons (Fsp3) is 0.366. The molecule has 1 saturated carbocycles. The van der Waals surface area contributed by atoms with E-state index >= 15 is 0 Å². The highest BCUT2D eigenvalue weighted by Gasteiger charge is 2.36. The molecule has 1 heterocycles. The van der Waals surface area contributed by atoms with E-state index in [9.17, 15) is 27.6 Å². The Morgan fingerprint density at radius 2 is 1.48 bits per heavy atom. The second-order valence-electron chi connectivity index (χ2n) is 13.8. The van der Waals surface area contributed by atoms with Crippen molar-refractivity contribution in [2.24, 2.45) is 5.92 Å². The Morgan fingerprint density at radius 3 is 2.11 bits per heavy atom. The molecule has 6 rings (SSSR count). The first-order chi connectivity index (χ1) is 26.0. The smallest absolute Gasteiger partial charge is 0.335 e. The zero-order valence-corrected chi connectivity index (χ0v) is 32.1. The number of carboxylic acid groups (broad SMARTS) is 1. The van der Waals surface area contributed by atoms with Gasteiger partial charge in [0.2, 0.25) is 10.0 Å². The minimum atomic E-state index is -3.95. The average molecular weight is 772 g/mol. The Hall–Kier alpha value is -4.85. The number of hydrogen-bond donors (Lipinski definition) is 3. The van der Waals surface area contributed by atoms with Crippen LogP contribution in [0.4, 0.5) is 10.7 Å². The summed E-state index contributed by atoms with van der Waals surface area (Å²) in [7, 11) is -2.59. The molecule has 284 valence electrons. The first-order valence-corrected chi connectivity index (χ1v) is 20.6. The van der Waals surface area contributed by atoms with Gasteiger partial charge in [0.15, 0.2) is 0 Å². The topological polar surface area (TPSA) is 159 Å². The molecule has 54 heavy (non-hydrogen) atoms. The molecule has 2 amide bonds. The third-order valence-corrected chi connectivity index (χ3v) is 13.6. The van der Waals surface area contributed by atoms with Gasteiger partial charge in [0.05, 0.1) is 29.1 Å². The van der Waals surface area contributed by atoms with Crippen molar-refractivity contribution in [1.29, 1.82) is 0 Å². The number of rotatable bonds is 13. The van der Waals surface area contributed by atoms with Crippen LogP contribution in [0.2, 0.25) is 0 Å². The standard InChI is InChI=1S/C41H45N3O8S2/c1-3-44(32-23-19-29(20-24-32)41(49)52-2)54(50,51)33-8-6-7-30(25-33)37(45)43-39-36(34-9-4-5-10-35(34)53-39)38(46)42-31-21-15-27(16-22-31)12-11-26-13-17-28(18-14-26)40(47)48/h6-8,13-18,21-22,25,29,32H,3-5,9-12,19-20,23-24H2,1-2H3,(H,42,46)(H,43,45)(H,47,48)/t29-,32-. The number of aryl methyl sites for hydroxylation is 3. The highest BCUT2D eigenvalue weighted by molar-refractivity contribution is 7.89. The number of hydrogen-bond acceptors (Lipinski definition) is 8. The minimum Gasteiger partial charge on any atom is -0.478 e. The van der Waals surface area contributed by atoms with E-state index in [0.29, 0.717) is 41.9 Å². The third-order valence-electron chi connectivity index (χ3n) is 10.4. The number of carbonyl (C=O) groups is 4. The van der Waals surface area contributed by atoms with Crippen LogP contribution in [0.15, 0.2) is 77.7 Å². The summed E-state index contributed by atoms with van der Waals surface area (Å²) in [6.45, 7) is 2.03. The van der Waals surface area contributed by atoms with Crippen molar-refractivity contribution in [2.75, 3.05) is 24.3 Å². The van der Waals surface area contributed by atoms with Crippen molar-refractivity contribution in [3.63, 3.8) is 0 Å². The van der Waals surface area contributed by atoms with Gasteiger partial charge in [-0.25, -0.2) is 13.2 Å². The summed E-state index contributed by atoms with van der Waals surface area (Å²) < 4.78 is 34.2. The van der Waals surface area contributed by atoms with Crippen LogP contribution in [-0.2, 0) is 45.2 Å². The monoisotopic (exact) mass is 771 g/mol. The number of amides is 2. The van der Waals surface area contributed by atoms with Crippen LogP contribution in [-0.4, -0.2) is 61.3 Å². The maximum absolute atomic E-state index is 13.9. The predicted molar refractivity (Wildman–Crippen MR) is 208 cm³/mol. The highest BCUT2D eigenvalue weighted by atomic mass is 32.2. The summed E-state index contributed by atoms with van der Waals surface area (Å²) in [6, 6.07) is 20.1. The number of nitrogens with zero attached hydrogens (tertiary/aromatic N) is 1. The van der Waals surface area contributed by atoms with Gasteiger partial charge in [0.25, 0.3) is 11.8 Å². The maximum atomic E-state index is 13.9. The number of aromatic carboxylic acids is 1. The van der Waals surface area contributed by atoms with Gasteiger partial charge >= 0.3 is 11.9 Å². The lowest BCUT2D eigenvalue weighted by Gasteiger charge is -2.34. The number of ether oxygens (including phenoxy) is 1. The number of carbonyl (C=O) groups excluding carboxylic acids is 3. The molecule has 3 aromatic carbocycles. The van der Waals surface area contributed by atoms with Crippen molar-refractivity contribution >= 4 is 55.8 Å². The SMILES string of the molecule is CCN([C@H]1CC[C@H](C(=O)OC)CC1)S(=O)(=O)c1cccc(C(=O)Nc2sc3c(c2C(=O)Nc2ccc(CCc4ccc(C(=O)O)cc4)cc2)CCCC3)c1. The van der Waals surface area contributed by atoms with Gasteiger partial charge in [-0.2, -0.15) is 4.31 Å². The molecular formula is C41H45N3O8S2. The van der Waals surface area contributed by atoms with Crippen LogP contribution in [0.3, 0.4) is 0 Å². The maximum Gasteiger partial charge on any atom is 0.335 e. The van der Waals surface area contributed by atoms with Crippen molar-refractivity contribution in [2.45, 2.75) is 82.1 Å². The van der Waals surface area contributed by atoms with Crippen LogP contribution in [0.5, 0.6) is 0 Å². The van der Waals surface area contributed by atoms with E-state index in [-0.39, 0.29) is 46.4 Å². The normalized spacial score (nSPS) is 17.0. The van der Waals surface area contributed by atoms with E-state index in [1.54, 1.807) is 31.2 Å². The first kappa shape index (κ1) is 38.9. The van der Waals surface area contributed by atoms with E-state index in [2.05, 4.69) is 10.6 Å². The molecule has 0 atom stereocenters. The Balaban J connectivity index is 1.14. The number of thiophene rings is 1. The van der Waals surface area contributed by atoms with Gasteiger partial charge in [-0.1, -0.05) is 37.3 Å². The molecule has 1 fully saturated rings. The number of nitrogens with one attached hydrogen (secondary N) is 2. The van der Waals surface area contributed by atoms with E-state index in [1.165, 1.54) is 34.9 Å². The Bertz CT molecular complexity index is 2120. The molecular weight excluding hydrogens is 727 g/mol. The number of methoxy groups -OCH3 is 1. The highest BCUT2D eigenvalue weighted by Crippen LogP contribution is 2.39. The summed E-state index contributed by atoms with van der Waals surface area (Å²) >= 11 is 1.39. The Morgan fingerprint density at radius 1 is 0.833 bits per heavy atom. The largest absolute Gasteiger partial charge is 0.478 e. The lowest BCUT2D eigenvalue weighted by Crippen LogP contribution is -2.43. The first-order valence-electron chi connectivity index (χ1n) is 18.4. The van der Waals surface area contributed by atoms with E-state index in [0.717, 1.165) is 60.1 Å². The van der Waals surface area contributed by atoms with Crippen molar-refractivity contribution in [3.05, 3.63) is 111 Å². The minimum absolute atomic E-state index is 0.00933. The molecule has 4 aromatic rings. The van der Waals surface area contributed by atoms with Crippen molar-refractivity contribution < 1.29 is 37.4 Å². The van der Waals surface area contributed by atoms with Crippen molar-refractivity contribution in [1.82, 2.24) is 4.31 Å². The van der Waals surface area contributed by atoms with Crippen LogP contribution >= 0.6 is 11.3 Å². The molecule has 0 unspecified atom stereocenters. The lowest BCUT2D eigenvalue weighted by molar-refractivity contribution is -0.146. The molecule has 1 aromatic heterocycles. The van der Waals surface area contributed by atoms with Crippen LogP contribution < -0.4 is 10.6 Å². The van der Waals surface area contributed by atoms with Gasteiger partial charge in [0, 0.05) is 28.7 Å². The summed E-state index contributed by atoms with van der Waals surface area (Å²) in [5.74, 6) is -2.29. The van der Waals surface area contributed by atoms with E-state index in [4.69, 9.17) is 9.84 Å². The molecule has 11 nitrogen and oxygen atoms in total. The van der Waals surface area contributed by atoms with Crippen LogP contribution in [0.1, 0.15) is 98.1 Å². The number of carboxylic acids is 1. The Kier molecular flexibility index (Phi) is 12.3.